The first-order chi connectivity index (χ1) is 6.70. The van der Waals surface area contributed by atoms with E-state index in [0.29, 0.717) is 11.7 Å². The Morgan fingerprint density at radius 1 is 1.29 bits per heavy atom. The number of phenols is 1. The van der Waals surface area contributed by atoms with Crippen molar-refractivity contribution in [2.24, 2.45) is 0 Å². The van der Waals surface area contributed by atoms with Crippen LogP contribution in [0.5, 0.6) is 5.75 Å². The molecule has 78 valence electrons. The van der Waals surface area contributed by atoms with Crippen molar-refractivity contribution in [3.63, 3.8) is 0 Å². The van der Waals surface area contributed by atoms with Crippen molar-refractivity contribution >= 4 is 0 Å². The molecule has 0 aromatic heterocycles. The molecule has 2 rings (SSSR count). The van der Waals surface area contributed by atoms with Crippen LogP contribution in [0.4, 0.5) is 0 Å². The van der Waals surface area contributed by atoms with Gasteiger partial charge in [-0.05, 0) is 48.4 Å². The molecule has 1 heteroatoms. The number of hydrogen-bond acceptors (Lipinski definition) is 1. The molecular formula is C13H20O. The van der Waals surface area contributed by atoms with Gasteiger partial charge in [-0.3, -0.25) is 0 Å². The van der Waals surface area contributed by atoms with Crippen molar-refractivity contribution in [1.29, 1.82) is 0 Å². The first-order valence-electron chi connectivity index (χ1n) is 5.51. The highest BCUT2D eigenvalue weighted by atomic mass is 16.3. The molecule has 1 N–H and O–H groups in total. The van der Waals surface area contributed by atoms with Gasteiger partial charge in [0.15, 0.2) is 0 Å². The number of fused-ring (bicyclic) bond motifs is 1. The highest BCUT2D eigenvalue weighted by Gasteiger charge is 2.21. The van der Waals surface area contributed by atoms with Crippen molar-refractivity contribution in [2.75, 3.05) is 0 Å². The molecule has 1 nitrogen and oxygen atoms in total. The molecule has 0 bridgehead atoms. The van der Waals surface area contributed by atoms with Gasteiger partial charge < -0.3 is 5.11 Å². The lowest BCUT2D eigenvalue weighted by Gasteiger charge is -2.09. The minimum absolute atomic E-state index is 0.447. The number of hydrogen-bond donors (Lipinski definition) is 1. The fourth-order valence-corrected chi connectivity index (χ4v) is 2.19. The molecule has 1 aromatic rings. The fraction of sp³-hybridized carbons (Fsp3) is 0.538. The molecule has 1 aliphatic rings. The molecule has 1 aromatic carbocycles. The van der Waals surface area contributed by atoms with Crippen molar-refractivity contribution < 1.29 is 5.11 Å². The first kappa shape index (κ1) is 11.1. The molecule has 0 saturated carbocycles. The minimum atomic E-state index is 0.447. The van der Waals surface area contributed by atoms with Gasteiger partial charge in [-0.15, -0.1) is 0 Å². The molecule has 0 amide bonds. The summed E-state index contributed by atoms with van der Waals surface area (Å²) < 4.78 is 0. The Hall–Kier alpha value is -0.980. The Morgan fingerprint density at radius 2 is 1.93 bits per heavy atom. The smallest absolute Gasteiger partial charge is 0.118 e. The van der Waals surface area contributed by atoms with E-state index in [-0.39, 0.29) is 0 Å². The highest BCUT2D eigenvalue weighted by molar-refractivity contribution is 5.47. The predicted octanol–water partition coefficient (Wildman–Crippen LogP) is 3.78. The van der Waals surface area contributed by atoms with Crippen LogP contribution in [0.2, 0.25) is 0 Å². The second-order valence-electron chi connectivity index (χ2n) is 3.72. The lowest BCUT2D eigenvalue weighted by atomic mass is 9.97. The van der Waals surface area contributed by atoms with Crippen LogP contribution in [0, 0.1) is 6.92 Å². The van der Waals surface area contributed by atoms with Gasteiger partial charge in [-0.2, -0.15) is 0 Å². The van der Waals surface area contributed by atoms with Gasteiger partial charge >= 0.3 is 0 Å². The van der Waals surface area contributed by atoms with Gasteiger partial charge in [0, 0.05) is 0 Å². The standard InChI is InChI=1S/C11H14O.C2H6/c1-7-3-4-9-5-6-10(12)8(2)11(7)9;1-2/h5-7,12H,3-4H2,1-2H3;1-2H3. The summed E-state index contributed by atoms with van der Waals surface area (Å²) in [7, 11) is 0. The summed E-state index contributed by atoms with van der Waals surface area (Å²) in [5.41, 5.74) is 3.89. The zero-order valence-electron chi connectivity index (χ0n) is 9.59. The minimum Gasteiger partial charge on any atom is -0.508 e. The van der Waals surface area contributed by atoms with Gasteiger partial charge in [0.2, 0.25) is 0 Å². The molecule has 0 heterocycles. The second kappa shape index (κ2) is 4.50. The van der Waals surface area contributed by atoms with Crippen LogP contribution < -0.4 is 0 Å². The van der Waals surface area contributed by atoms with Gasteiger partial charge in [0.1, 0.15) is 5.75 Å². The van der Waals surface area contributed by atoms with E-state index in [4.69, 9.17) is 0 Å². The summed E-state index contributed by atoms with van der Waals surface area (Å²) in [5.74, 6) is 1.08. The largest absolute Gasteiger partial charge is 0.508 e. The summed E-state index contributed by atoms with van der Waals surface area (Å²) in [4.78, 5) is 0. The van der Waals surface area contributed by atoms with E-state index in [0.717, 1.165) is 5.56 Å². The molecule has 1 aliphatic carbocycles. The Morgan fingerprint density at radius 3 is 2.57 bits per heavy atom. The van der Waals surface area contributed by atoms with E-state index in [9.17, 15) is 5.11 Å². The summed E-state index contributed by atoms with van der Waals surface area (Å²) in [6.07, 6.45) is 2.41. The molecule has 0 aliphatic heterocycles. The number of aromatic hydroxyl groups is 1. The molecule has 14 heavy (non-hydrogen) atoms. The molecule has 0 fully saturated rings. The average molecular weight is 192 g/mol. The Kier molecular flexibility index (Phi) is 3.56. The molecular weight excluding hydrogens is 172 g/mol. The van der Waals surface area contributed by atoms with E-state index < -0.39 is 0 Å². The van der Waals surface area contributed by atoms with Gasteiger partial charge in [-0.25, -0.2) is 0 Å². The van der Waals surface area contributed by atoms with Gasteiger partial charge in [0.05, 0.1) is 0 Å². The van der Waals surface area contributed by atoms with Crippen molar-refractivity contribution in [3.05, 3.63) is 28.8 Å². The quantitative estimate of drug-likeness (QED) is 0.663. The van der Waals surface area contributed by atoms with Crippen LogP contribution in [0.15, 0.2) is 12.1 Å². The van der Waals surface area contributed by atoms with Crippen molar-refractivity contribution in [3.8, 4) is 5.75 Å². The number of benzene rings is 1. The van der Waals surface area contributed by atoms with Crippen LogP contribution in [0.3, 0.4) is 0 Å². The van der Waals surface area contributed by atoms with E-state index in [1.807, 2.05) is 26.8 Å². The van der Waals surface area contributed by atoms with Crippen LogP contribution >= 0.6 is 0 Å². The van der Waals surface area contributed by atoms with E-state index >= 15 is 0 Å². The molecule has 0 radical (unpaired) electrons. The second-order valence-corrected chi connectivity index (χ2v) is 3.72. The normalized spacial score (nSPS) is 18.4. The van der Waals surface area contributed by atoms with E-state index in [1.54, 1.807) is 0 Å². The number of rotatable bonds is 0. The maximum absolute atomic E-state index is 9.50. The van der Waals surface area contributed by atoms with Gasteiger partial charge in [0.25, 0.3) is 0 Å². The maximum Gasteiger partial charge on any atom is 0.118 e. The topological polar surface area (TPSA) is 20.2 Å². The van der Waals surface area contributed by atoms with Gasteiger partial charge in [-0.1, -0.05) is 26.8 Å². The summed E-state index contributed by atoms with van der Waals surface area (Å²) in [6.45, 7) is 8.24. The zero-order valence-corrected chi connectivity index (χ0v) is 9.59. The van der Waals surface area contributed by atoms with Crippen LogP contribution in [0.1, 0.15) is 49.8 Å². The molecule has 1 unspecified atom stereocenters. The summed E-state index contributed by atoms with van der Waals surface area (Å²) >= 11 is 0. The number of phenolic OH excluding ortho intramolecular Hbond substituents is 1. The SMILES string of the molecule is CC.Cc1c(O)ccc2c1C(C)CC2. The van der Waals surface area contributed by atoms with Crippen molar-refractivity contribution in [2.45, 2.75) is 46.5 Å². The fourth-order valence-electron chi connectivity index (χ4n) is 2.19. The Bertz CT molecular complexity index is 315. The molecule has 0 spiro atoms. The Balaban J connectivity index is 0.000000461. The molecule has 1 atom stereocenters. The zero-order chi connectivity index (χ0) is 10.7. The Labute approximate surface area is 86.8 Å². The first-order valence-corrected chi connectivity index (χ1v) is 5.51. The predicted molar refractivity (Wildman–Crippen MR) is 60.9 cm³/mol. The van der Waals surface area contributed by atoms with E-state index in [1.165, 1.54) is 24.0 Å². The van der Waals surface area contributed by atoms with E-state index in [2.05, 4.69) is 13.0 Å². The van der Waals surface area contributed by atoms with Crippen LogP contribution in [0.25, 0.3) is 0 Å². The molecule has 0 saturated heterocycles. The highest BCUT2D eigenvalue weighted by Crippen LogP contribution is 2.37. The van der Waals surface area contributed by atoms with Crippen LogP contribution in [-0.4, -0.2) is 5.11 Å². The lowest BCUT2D eigenvalue weighted by Crippen LogP contribution is -1.91. The third-order valence-electron chi connectivity index (χ3n) is 2.92. The number of aryl methyl sites for hydroxylation is 1. The monoisotopic (exact) mass is 192 g/mol. The third kappa shape index (κ3) is 1.77. The lowest BCUT2D eigenvalue weighted by molar-refractivity contribution is 0.469. The average Bonchev–Trinajstić information content (AvgIpc) is 2.58. The summed E-state index contributed by atoms with van der Waals surface area (Å²) in [5, 5.41) is 9.50. The van der Waals surface area contributed by atoms with Crippen molar-refractivity contribution in [1.82, 2.24) is 0 Å². The maximum atomic E-state index is 9.50. The van der Waals surface area contributed by atoms with Crippen LogP contribution in [-0.2, 0) is 6.42 Å². The third-order valence-corrected chi connectivity index (χ3v) is 2.92. The summed E-state index contributed by atoms with van der Waals surface area (Å²) in [6, 6.07) is 3.87.